The quantitative estimate of drug-likeness (QED) is 0.688. The molecule has 1 aliphatic rings. The van der Waals surface area contributed by atoms with Crippen molar-refractivity contribution in [2.24, 2.45) is 0 Å². The maximum Gasteiger partial charge on any atom is 0.343 e. The van der Waals surface area contributed by atoms with Crippen molar-refractivity contribution in [3.05, 3.63) is 48.1 Å². The molecule has 0 aliphatic carbocycles. The molecule has 144 valence electrons. The fourth-order valence-corrected chi connectivity index (χ4v) is 4.83. The summed E-state index contributed by atoms with van der Waals surface area (Å²) >= 11 is 1.37. The van der Waals surface area contributed by atoms with Crippen LogP contribution in [0.15, 0.2) is 20.7 Å². The molecule has 1 saturated heterocycles. The van der Waals surface area contributed by atoms with Crippen LogP contribution in [0.1, 0.15) is 30.2 Å². The van der Waals surface area contributed by atoms with Crippen LogP contribution >= 0.6 is 11.3 Å². The Kier molecular flexibility index (Phi) is 4.60. The average Bonchev–Trinajstić information content (AvgIpc) is 3.36. The number of nitrogens with one attached hydrogen (secondary N) is 1. The Morgan fingerprint density at radius 3 is 2.78 bits per heavy atom. The third-order valence-electron chi connectivity index (χ3n) is 5.03. The molecule has 1 fully saturated rings. The van der Waals surface area contributed by atoms with E-state index in [0.717, 1.165) is 23.3 Å². The number of nitrogens with zero attached hydrogens (tertiary/aromatic N) is 4. The first kappa shape index (κ1) is 17.9. The van der Waals surface area contributed by atoms with Gasteiger partial charge in [0.2, 0.25) is 0 Å². The summed E-state index contributed by atoms with van der Waals surface area (Å²) in [6.07, 6.45) is 3.20. The first-order chi connectivity index (χ1) is 13.0. The predicted molar refractivity (Wildman–Crippen MR) is 102 cm³/mol. The second kappa shape index (κ2) is 6.93. The summed E-state index contributed by atoms with van der Waals surface area (Å²) < 4.78 is 9.93. The van der Waals surface area contributed by atoms with Gasteiger partial charge in [0.05, 0.1) is 24.6 Å². The molecule has 1 N–H and O–H groups in total. The van der Waals surface area contributed by atoms with E-state index in [0.29, 0.717) is 29.9 Å². The summed E-state index contributed by atoms with van der Waals surface area (Å²) in [5.41, 5.74) is -0.113. The molecular weight excluding hydrogens is 370 g/mol. The number of ether oxygens (including phenoxy) is 1. The van der Waals surface area contributed by atoms with Crippen LogP contribution in [0, 0.1) is 6.92 Å². The van der Waals surface area contributed by atoms with Crippen LogP contribution < -0.4 is 16.9 Å². The lowest BCUT2D eigenvalue weighted by atomic mass is 10.2. The molecule has 27 heavy (non-hydrogen) atoms. The molecular formula is C17H21N5O4S. The summed E-state index contributed by atoms with van der Waals surface area (Å²) in [6, 6.07) is 0. The third kappa shape index (κ3) is 2.98. The minimum atomic E-state index is -0.311. The topological polar surface area (TPSA) is 104 Å². The van der Waals surface area contributed by atoms with Gasteiger partial charge in [-0.25, -0.2) is 14.3 Å². The van der Waals surface area contributed by atoms with Crippen molar-refractivity contribution in [2.45, 2.75) is 52.4 Å². The Labute approximate surface area is 157 Å². The van der Waals surface area contributed by atoms with E-state index < -0.39 is 0 Å². The van der Waals surface area contributed by atoms with Crippen molar-refractivity contribution in [1.82, 2.24) is 23.9 Å². The molecule has 10 heteroatoms. The van der Waals surface area contributed by atoms with E-state index in [2.05, 4.69) is 10.1 Å². The van der Waals surface area contributed by atoms with Gasteiger partial charge in [0.25, 0.3) is 5.56 Å². The molecule has 0 saturated carbocycles. The van der Waals surface area contributed by atoms with Crippen LogP contribution in [0.5, 0.6) is 0 Å². The van der Waals surface area contributed by atoms with Crippen LogP contribution in [0.2, 0.25) is 0 Å². The van der Waals surface area contributed by atoms with Crippen molar-refractivity contribution in [2.75, 3.05) is 6.61 Å². The van der Waals surface area contributed by atoms with Gasteiger partial charge in [-0.1, -0.05) is 0 Å². The number of hydrogen-bond acceptors (Lipinski definition) is 6. The second-order valence-electron chi connectivity index (χ2n) is 6.66. The van der Waals surface area contributed by atoms with Gasteiger partial charge >= 0.3 is 11.4 Å². The Morgan fingerprint density at radius 2 is 2.15 bits per heavy atom. The number of rotatable bonds is 5. The normalized spacial score (nSPS) is 17.2. The molecule has 0 radical (unpaired) electrons. The molecule has 4 rings (SSSR count). The zero-order valence-electron chi connectivity index (χ0n) is 15.2. The van der Waals surface area contributed by atoms with Gasteiger partial charge in [-0.2, -0.15) is 5.10 Å². The molecule has 9 nitrogen and oxygen atoms in total. The summed E-state index contributed by atoms with van der Waals surface area (Å²) in [7, 11) is 0. The van der Waals surface area contributed by atoms with E-state index in [1.807, 2.05) is 6.92 Å². The van der Waals surface area contributed by atoms with Gasteiger partial charge in [-0.15, -0.1) is 11.3 Å². The van der Waals surface area contributed by atoms with Gasteiger partial charge < -0.3 is 4.74 Å². The SMILES string of the molecule is CCn1c(=O)c2c(C)c(Cn3nc[nH]c3=O)sc2n(CC2CCCO2)c1=O. The molecule has 1 atom stereocenters. The molecule has 0 bridgehead atoms. The summed E-state index contributed by atoms with van der Waals surface area (Å²) in [5, 5.41) is 4.52. The molecule has 0 spiro atoms. The maximum absolute atomic E-state index is 12.9. The lowest BCUT2D eigenvalue weighted by Crippen LogP contribution is -2.40. The van der Waals surface area contributed by atoms with Crippen LogP contribution in [0.3, 0.4) is 0 Å². The Morgan fingerprint density at radius 1 is 1.33 bits per heavy atom. The van der Waals surface area contributed by atoms with Crippen molar-refractivity contribution in [3.8, 4) is 0 Å². The van der Waals surface area contributed by atoms with E-state index in [1.54, 1.807) is 11.5 Å². The Balaban J connectivity index is 1.91. The predicted octanol–water partition coefficient (Wildman–Crippen LogP) is 0.665. The van der Waals surface area contributed by atoms with Crippen LogP contribution in [-0.2, 0) is 24.4 Å². The lowest BCUT2D eigenvalue weighted by Gasteiger charge is -2.14. The van der Waals surface area contributed by atoms with Gasteiger partial charge in [-0.05, 0) is 32.3 Å². The van der Waals surface area contributed by atoms with Crippen molar-refractivity contribution in [1.29, 1.82) is 0 Å². The smallest absolute Gasteiger partial charge is 0.343 e. The van der Waals surface area contributed by atoms with Crippen LogP contribution in [0.25, 0.3) is 10.2 Å². The highest BCUT2D eigenvalue weighted by atomic mass is 32.1. The van der Waals surface area contributed by atoms with Gasteiger partial charge in [-0.3, -0.25) is 18.9 Å². The minimum absolute atomic E-state index is 0.0199. The number of aromatic amines is 1. The fraction of sp³-hybridized carbons (Fsp3) is 0.529. The third-order valence-corrected chi connectivity index (χ3v) is 6.33. The van der Waals surface area contributed by atoms with Crippen molar-refractivity contribution in [3.63, 3.8) is 0 Å². The van der Waals surface area contributed by atoms with E-state index >= 15 is 0 Å². The summed E-state index contributed by atoms with van der Waals surface area (Å²) in [6.45, 7) is 5.34. The fourth-order valence-electron chi connectivity index (χ4n) is 3.55. The highest BCUT2D eigenvalue weighted by Crippen LogP contribution is 2.29. The number of H-pyrrole nitrogens is 1. The lowest BCUT2D eigenvalue weighted by molar-refractivity contribution is 0.0966. The zero-order chi connectivity index (χ0) is 19.1. The molecule has 1 unspecified atom stereocenters. The van der Waals surface area contributed by atoms with Crippen molar-refractivity contribution < 1.29 is 4.74 Å². The first-order valence-electron chi connectivity index (χ1n) is 8.99. The van der Waals surface area contributed by atoms with Crippen LogP contribution in [-0.4, -0.2) is 36.6 Å². The molecule has 0 amide bonds. The largest absolute Gasteiger partial charge is 0.376 e. The van der Waals surface area contributed by atoms with E-state index in [1.165, 1.54) is 26.9 Å². The van der Waals surface area contributed by atoms with Gasteiger partial charge in [0, 0.05) is 18.0 Å². The van der Waals surface area contributed by atoms with Crippen LogP contribution in [0.4, 0.5) is 0 Å². The Bertz CT molecular complexity index is 1160. The van der Waals surface area contributed by atoms with E-state index in [-0.39, 0.29) is 29.6 Å². The second-order valence-corrected chi connectivity index (χ2v) is 7.74. The van der Waals surface area contributed by atoms with Gasteiger partial charge in [0.1, 0.15) is 11.2 Å². The van der Waals surface area contributed by atoms with E-state index in [9.17, 15) is 14.4 Å². The standard InChI is InChI=1S/C17H21N5O4S/c1-3-20-14(23)13-10(2)12(8-22-16(24)18-9-19-22)27-15(13)21(17(20)25)7-11-5-4-6-26-11/h9,11H,3-8H2,1-2H3,(H,18,19,24). The summed E-state index contributed by atoms with van der Waals surface area (Å²) in [4.78, 5) is 41.6. The number of aromatic nitrogens is 5. The molecule has 3 aromatic rings. The number of aryl methyl sites for hydroxylation is 1. The monoisotopic (exact) mass is 391 g/mol. The minimum Gasteiger partial charge on any atom is -0.376 e. The van der Waals surface area contributed by atoms with Gasteiger partial charge in [0.15, 0.2) is 0 Å². The van der Waals surface area contributed by atoms with Crippen molar-refractivity contribution >= 4 is 21.6 Å². The molecule has 0 aromatic carbocycles. The maximum atomic E-state index is 12.9. The highest BCUT2D eigenvalue weighted by molar-refractivity contribution is 7.18. The number of hydrogen-bond donors (Lipinski definition) is 1. The highest BCUT2D eigenvalue weighted by Gasteiger charge is 2.23. The first-order valence-corrected chi connectivity index (χ1v) is 9.80. The molecule has 4 heterocycles. The zero-order valence-corrected chi connectivity index (χ0v) is 16.0. The molecule has 1 aliphatic heterocycles. The van der Waals surface area contributed by atoms with E-state index in [4.69, 9.17) is 4.74 Å². The average molecular weight is 391 g/mol. The Hall–Kier alpha value is -2.46. The molecule has 3 aromatic heterocycles. The summed E-state index contributed by atoms with van der Waals surface area (Å²) in [5.74, 6) is 0. The number of fused-ring (bicyclic) bond motifs is 1. The number of thiophene rings is 1.